The summed E-state index contributed by atoms with van der Waals surface area (Å²) in [5, 5.41) is 13.9. The molecular weight excluding hydrogens is 354 g/mol. The van der Waals surface area contributed by atoms with E-state index in [4.69, 9.17) is 0 Å². The molecule has 0 aliphatic heterocycles. The van der Waals surface area contributed by atoms with Crippen molar-refractivity contribution in [2.75, 3.05) is 0 Å². The highest BCUT2D eigenvalue weighted by atomic mass is 79.9. The number of tetrazole rings is 1. The van der Waals surface area contributed by atoms with Gasteiger partial charge in [0.15, 0.2) is 0 Å². The lowest BCUT2D eigenvalue weighted by molar-refractivity contribution is 0.0951. The molecule has 0 unspecified atom stereocenters. The molecule has 2 heterocycles. The van der Waals surface area contributed by atoms with Crippen molar-refractivity contribution < 1.29 is 4.79 Å². The van der Waals surface area contributed by atoms with Gasteiger partial charge in [0.1, 0.15) is 6.33 Å². The van der Waals surface area contributed by atoms with E-state index < -0.39 is 0 Å². The van der Waals surface area contributed by atoms with Gasteiger partial charge >= 0.3 is 0 Å². The molecule has 0 saturated carbocycles. The van der Waals surface area contributed by atoms with Crippen molar-refractivity contribution in [3.8, 4) is 5.69 Å². The van der Waals surface area contributed by atoms with Crippen LogP contribution < -0.4 is 5.32 Å². The number of rotatable bonds is 4. The maximum Gasteiger partial charge on any atom is 0.251 e. The first kappa shape index (κ1) is 13.9. The molecule has 0 aliphatic rings. The van der Waals surface area contributed by atoms with Crippen LogP contribution in [0.25, 0.3) is 5.69 Å². The van der Waals surface area contributed by atoms with Crippen LogP contribution in [-0.2, 0) is 6.54 Å². The molecule has 0 aliphatic carbocycles. The van der Waals surface area contributed by atoms with Crippen LogP contribution in [0.15, 0.2) is 46.5 Å². The first-order valence-corrected chi connectivity index (χ1v) is 7.69. The zero-order chi connectivity index (χ0) is 14.7. The van der Waals surface area contributed by atoms with E-state index in [2.05, 4.69) is 36.8 Å². The number of aromatic nitrogens is 4. The van der Waals surface area contributed by atoms with Crippen LogP contribution in [0.1, 0.15) is 15.2 Å². The third kappa shape index (κ3) is 3.34. The van der Waals surface area contributed by atoms with Crippen LogP contribution in [0.3, 0.4) is 0 Å². The second-order valence-electron chi connectivity index (χ2n) is 4.19. The third-order valence-electron chi connectivity index (χ3n) is 2.77. The van der Waals surface area contributed by atoms with Gasteiger partial charge in [-0.15, -0.1) is 16.4 Å². The molecule has 0 radical (unpaired) electrons. The molecule has 1 N–H and O–H groups in total. The van der Waals surface area contributed by atoms with Crippen LogP contribution in [0, 0.1) is 0 Å². The lowest BCUT2D eigenvalue weighted by Crippen LogP contribution is -2.22. The van der Waals surface area contributed by atoms with Crippen molar-refractivity contribution in [3.05, 3.63) is 57.0 Å². The molecule has 1 amide bonds. The SMILES string of the molecule is O=C(NCc1ccc(Br)s1)c1cccc(-n2cnnn2)c1. The molecule has 2 aromatic heterocycles. The lowest BCUT2D eigenvalue weighted by atomic mass is 10.2. The predicted octanol–water partition coefficient (Wildman–Crippen LogP) is 2.42. The molecule has 0 atom stereocenters. The van der Waals surface area contributed by atoms with Gasteiger partial charge < -0.3 is 5.32 Å². The number of amides is 1. The van der Waals surface area contributed by atoms with Crippen molar-refractivity contribution in [1.29, 1.82) is 0 Å². The number of nitrogens with zero attached hydrogens (tertiary/aromatic N) is 4. The number of carbonyl (C=O) groups excluding carboxylic acids is 1. The molecule has 6 nitrogen and oxygen atoms in total. The summed E-state index contributed by atoms with van der Waals surface area (Å²) in [6.45, 7) is 0.504. The fraction of sp³-hybridized carbons (Fsp3) is 0.0769. The Morgan fingerprint density at radius 2 is 2.24 bits per heavy atom. The molecule has 0 fully saturated rings. The Morgan fingerprint density at radius 3 is 2.95 bits per heavy atom. The minimum Gasteiger partial charge on any atom is -0.347 e. The van der Waals surface area contributed by atoms with E-state index in [0.717, 1.165) is 14.4 Å². The molecule has 1 aromatic carbocycles. The summed E-state index contributed by atoms with van der Waals surface area (Å²) in [7, 11) is 0. The van der Waals surface area contributed by atoms with Crippen molar-refractivity contribution in [2.45, 2.75) is 6.54 Å². The van der Waals surface area contributed by atoms with Gasteiger partial charge in [-0.25, -0.2) is 4.68 Å². The van der Waals surface area contributed by atoms with Crippen molar-refractivity contribution in [1.82, 2.24) is 25.5 Å². The fourth-order valence-electron chi connectivity index (χ4n) is 1.79. The Kier molecular flexibility index (Phi) is 4.07. The quantitative estimate of drug-likeness (QED) is 0.772. The minimum atomic E-state index is -0.130. The van der Waals surface area contributed by atoms with E-state index in [1.54, 1.807) is 29.5 Å². The Morgan fingerprint density at radius 1 is 1.33 bits per heavy atom. The Labute approximate surface area is 132 Å². The summed E-state index contributed by atoms with van der Waals surface area (Å²) < 4.78 is 2.56. The Bertz CT molecular complexity index is 756. The third-order valence-corrected chi connectivity index (χ3v) is 4.40. The summed E-state index contributed by atoms with van der Waals surface area (Å²) >= 11 is 5.00. The molecular formula is C13H10BrN5OS. The van der Waals surface area contributed by atoms with Crippen molar-refractivity contribution >= 4 is 33.2 Å². The standard InChI is InChI=1S/C13H10BrN5OS/c14-12-5-4-11(21-12)7-15-13(20)9-2-1-3-10(6-9)19-8-16-17-18-19/h1-6,8H,7H2,(H,15,20). The van der Waals surface area contributed by atoms with Gasteiger partial charge in [-0.1, -0.05) is 6.07 Å². The van der Waals surface area contributed by atoms with Gasteiger partial charge in [0.25, 0.3) is 5.91 Å². The zero-order valence-corrected chi connectivity index (χ0v) is 13.1. The molecule has 0 bridgehead atoms. The van der Waals surface area contributed by atoms with E-state index in [1.165, 1.54) is 11.0 Å². The number of halogens is 1. The second kappa shape index (κ2) is 6.15. The molecule has 3 aromatic rings. The predicted molar refractivity (Wildman–Crippen MR) is 82.3 cm³/mol. The number of carbonyl (C=O) groups is 1. The van der Waals surface area contributed by atoms with Gasteiger partial charge in [0.2, 0.25) is 0 Å². The normalized spacial score (nSPS) is 10.5. The highest BCUT2D eigenvalue weighted by Crippen LogP contribution is 2.21. The smallest absolute Gasteiger partial charge is 0.251 e. The minimum absolute atomic E-state index is 0.130. The number of hydrogen-bond donors (Lipinski definition) is 1. The summed E-state index contributed by atoms with van der Waals surface area (Å²) in [5.74, 6) is -0.130. The molecule has 106 valence electrons. The van der Waals surface area contributed by atoms with Crippen LogP contribution in [0.5, 0.6) is 0 Å². The molecule has 21 heavy (non-hydrogen) atoms. The topological polar surface area (TPSA) is 72.7 Å². The largest absolute Gasteiger partial charge is 0.347 e. The first-order valence-electron chi connectivity index (χ1n) is 6.08. The van der Waals surface area contributed by atoms with Crippen molar-refractivity contribution in [2.24, 2.45) is 0 Å². The van der Waals surface area contributed by atoms with Gasteiger partial charge in [-0.3, -0.25) is 4.79 Å². The first-order chi connectivity index (χ1) is 10.2. The molecule has 3 rings (SSSR count). The summed E-state index contributed by atoms with van der Waals surface area (Å²) in [5.41, 5.74) is 1.31. The van der Waals surface area contributed by atoms with Crippen LogP contribution in [-0.4, -0.2) is 26.1 Å². The van der Waals surface area contributed by atoms with E-state index in [9.17, 15) is 4.79 Å². The monoisotopic (exact) mass is 363 g/mol. The van der Waals surface area contributed by atoms with Gasteiger partial charge in [-0.2, -0.15) is 0 Å². The highest BCUT2D eigenvalue weighted by molar-refractivity contribution is 9.11. The summed E-state index contributed by atoms with van der Waals surface area (Å²) in [4.78, 5) is 13.3. The number of thiophene rings is 1. The van der Waals surface area contributed by atoms with E-state index >= 15 is 0 Å². The van der Waals surface area contributed by atoms with E-state index in [-0.39, 0.29) is 5.91 Å². The van der Waals surface area contributed by atoms with Crippen LogP contribution in [0.4, 0.5) is 0 Å². The average molecular weight is 364 g/mol. The summed E-state index contributed by atoms with van der Waals surface area (Å²) in [6.07, 6.45) is 1.49. The molecule has 0 spiro atoms. The Balaban J connectivity index is 1.71. The maximum absolute atomic E-state index is 12.2. The molecule has 8 heteroatoms. The number of hydrogen-bond acceptors (Lipinski definition) is 5. The van der Waals surface area contributed by atoms with Gasteiger partial charge in [-0.05, 0) is 56.7 Å². The van der Waals surface area contributed by atoms with Crippen LogP contribution in [0.2, 0.25) is 0 Å². The Hall–Kier alpha value is -2.06. The summed E-state index contributed by atoms with van der Waals surface area (Å²) in [6, 6.07) is 11.1. The van der Waals surface area contributed by atoms with Gasteiger partial charge in [0, 0.05) is 10.4 Å². The lowest BCUT2D eigenvalue weighted by Gasteiger charge is -2.05. The average Bonchev–Trinajstić information content (AvgIpc) is 3.16. The highest BCUT2D eigenvalue weighted by Gasteiger charge is 2.08. The maximum atomic E-state index is 12.2. The number of nitrogens with one attached hydrogen (secondary N) is 1. The number of benzene rings is 1. The molecule has 0 saturated heterocycles. The van der Waals surface area contributed by atoms with E-state index in [1.807, 2.05) is 18.2 Å². The van der Waals surface area contributed by atoms with Crippen molar-refractivity contribution in [3.63, 3.8) is 0 Å². The van der Waals surface area contributed by atoms with Crippen LogP contribution >= 0.6 is 27.3 Å². The van der Waals surface area contributed by atoms with Gasteiger partial charge in [0.05, 0.1) is 16.0 Å². The van der Waals surface area contributed by atoms with E-state index in [0.29, 0.717) is 12.1 Å². The zero-order valence-electron chi connectivity index (χ0n) is 10.7. The second-order valence-corrected chi connectivity index (χ2v) is 6.74. The fourth-order valence-corrected chi connectivity index (χ4v) is 3.21.